The lowest BCUT2D eigenvalue weighted by Gasteiger charge is -2.30. The molecule has 0 bridgehead atoms. The monoisotopic (exact) mass is 319 g/mol. The molecule has 0 aliphatic carbocycles. The summed E-state index contributed by atoms with van der Waals surface area (Å²) in [6, 6.07) is 19.8. The molecule has 0 amide bonds. The van der Waals surface area contributed by atoms with Gasteiger partial charge < -0.3 is 14.8 Å². The molecule has 0 radical (unpaired) electrons. The minimum Gasteiger partial charge on any atom is -0.368 e. The van der Waals surface area contributed by atoms with Crippen LogP contribution < -0.4 is 10.2 Å². The largest absolute Gasteiger partial charge is 0.368 e. The smallest absolute Gasteiger partial charge is 0.0501 e. The van der Waals surface area contributed by atoms with Crippen molar-refractivity contribution in [3.05, 3.63) is 66.4 Å². The molecule has 4 rings (SSSR count). The fourth-order valence-corrected chi connectivity index (χ4v) is 3.68. The van der Waals surface area contributed by atoms with Gasteiger partial charge in [-0.05, 0) is 36.6 Å². The van der Waals surface area contributed by atoms with Crippen LogP contribution in [0.3, 0.4) is 0 Å². The second-order valence-corrected chi connectivity index (χ2v) is 6.55. The molecule has 1 N–H and O–H groups in total. The van der Waals surface area contributed by atoms with Gasteiger partial charge in [0.15, 0.2) is 0 Å². The Hall–Kier alpha value is -2.26. The average molecular weight is 319 g/mol. The second-order valence-electron chi connectivity index (χ2n) is 6.55. The maximum absolute atomic E-state index is 3.43. The van der Waals surface area contributed by atoms with E-state index in [1.54, 1.807) is 0 Å². The van der Waals surface area contributed by atoms with Gasteiger partial charge in [0.25, 0.3) is 0 Å². The van der Waals surface area contributed by atoms with E-state index >= 15 is 0 Å². The highest BCUT2D eigenvalue weighted by molar-refractivity contribution is 5.93. The number of anilines is 1. The van der Waals surface area contributed by atoms with Crippen LogP contribution in [0.2, 0.25) is 0 Å². The highest BCUT2D eigenvalue weighted by Gasteiger charge is 2.14. The van der Waals surface area contributed by atoms with Crippen LogP contribution in [0.1, 0.15) is 12.0 Å². The number of rotatable bonds is 5. The third-order valence-corrected chi connectivity index (χ3v) is 4.96. The van der Waals surface area contributed by atoms with E-state index in [1.807, 2.05) is 0 Å². The second kappa shape index (κ2) is 7.10. The van der Waals surface area contributed by atoms with E-state index in [1.165, 1.54) is 28.6 Å². The van der Waals surface area contributed by atoms with E-state index < -0.39 is 0 Å². The third kappa shape index (κ3) is 3.17. The van der Waals surface area contributed by atoms with Crippen molar-refractivity contribution in [2.75, 3.05) is 31.1 Å². The van der Waals surface area contributed by atoms with Crippen molar-refractivity contribution in [2.45, 2.75) is 19.4 Å². The fraction of sp³-hybridized carbons (Fsp3) is 0.333. The Morgan fingerprint density at radius 3 is 2.54 bits per heavy atom. The summed E-state index contributed by atoms with van der Waals surface area (Å²) in [5.41, 5.74) is 4.17. The van der Waals surface area contributed by atoms with Gasteiger partial charge in [-0.3, -0.25) is 0 Å². The van der Waals surface area contributed by atoms with Gasteiger partial charge in [0.1, 0.15) is 0 Å². The van der Waals surface area contributed by atoms with Crippen molar-refractivity contribution in [3.8, 4) is 0 Å². The van der Waals surface area contributed by atoms with E-state index in [4.69, 9.17) is 0 Å². The summed E-state index contributed by atoms with van der Waals surface area (Å²) in [5.74, 6) is 0. The number of hydrogen-bond acceptors (Lipinski definition) is 2. The van der Waals surface area contributed by atoms with E-state index in [-0.39, 0.29) is 0 Å². The predicted octanol–water partition coefficient (Wildman–Crippen LogP) is 3.68. The van der Waals surface area contributed by atoms with Crippen molar-refractivity contribution in [3.63, 3.8) is 0 Å². The molecule has 3 heteroatoms. The SMILES string of the molecule is c1ccc(CCCn2ccc3c(N4CCNCC4)cccc32)cc1. The lowest BCUT2D eigenvalue weighted by atomic mass is 10.1. The lowest BCUT2D eigenvalue weighted by Crippen LogP contribution is -2.43. The Morgan fingerprint density at radius 1 is 0.875 bits per heavy atom. The van der Waals surface area contributed by atoms with E-state index in [2.05, 4.69) is 75.6 Å². The van der Waals surface area contributed by atoms with Crippen LogP contribution in [-0.4, -0.2) is 30.7 Å². The first-order chi connectivity index (χ1) is 11.9. The number of aryl methyl sites for hydroxylation is 2. The summed E-state index contributed by atoms with van der Waals surface area (Å²) in [4.78, 5) is 2.51. The number of nitrogens with one attached hydrogen (secondary N) is 1. The molecule has 2 aromatic carbocycles. The maximum Gasteiger partial charge on any atom is 0.0501 e. The summed E-state index contributed by atoms with van der Waals surface area (Å²) in [5, 5.41) is 4.82. The molecule has 24 heavy (non-hydrogen) atoms. The van der Waals surface area contributed by atoms with Crippen molar-refractivity contribution in [2.24, 2.45) is 0 Å². The molecule has 0 unspecified atom stereocenters. The molecule has 3 aromatic rings. The van der Waals surface area contributed by atoms with Crippen molar-refractivity contribution in [1.82, 2.24) is 9.88 Å². The average Bonchev–Trinajstić information content (AvgIpc) is 3.07. The molecule has 1 saturated heterocycles. The topological polar surface area (TPSA) is 20.2 Å². The van der Waals surface area contributed by atoms with Crippen molar-refractivity contribution >= 4 is 16.6 Å². The Kier molecular flexibility index (Phi) is 4.52. The normalized spacial score (nSPS) is 15.1. The molecular formula is C21H25N3. The number of aromatic nitrogens is 1. The molecule has 1 fully saturated rings. The van der Waals surface area contributed by atoms with E-state index in [0.29, 0.717) is 0 Å². The van der Waals surface area contributed by atoms with Crippen LogP contribution in [-0.2, 0) is 13.0 Å². The van der Waals surface area contributed by atoms with Gasteiger partial charge in [0.05, 0.1) is 5.52 Å². The number of hydrogen-bond donors (Lipinski definition) is 1. The molecule has 1 aliphatic heterocycles. The highest BCUT2D eigenvalue weighted by Crippen LogP contribution is 2.28. The molecule has 1 aliphatic rings. The number of fused-ring (bicyclic) bond motifs is 1. The summed E-state index contributed by atoms with van der Waals surface area (Å²) < 4.78 is 2.41. The predicted molar refractivity (Wildman–Crippen MR) is 102 cm³/mol. The van der Waals surface area contributed by atoms with Crippen LogP contribution in [0, 0.1) is 0 Å². The Balaban J connectivity index is 1.50. The van der Waals surface area contributed by atoms with Gasteiger partial charge in [-0.15, -0.1) is 0 Å². The molecule has 3 nitrogen and oxygen atoms in total. The molecule has 124 valence electrons. The molecule has 0 saturated carbocycles. The lowest BCUT2D eigenvalue weighted by molar-refractivity contribution is 0.590. The van der Waals surface area contributed by atoms with E-state index in [0.717, 1.165) is 39.1 Å². The molecule has 2 heterocycles. The van der Waals surface area contributed by atoms with Crippen LogP contribution in [0.25, 0.3) is 10.9 Å². The van der Waals surface area contributed by atoms with Crippen LogP contribution in [0.4, 0.5) is 5.69 Å². The van der Waals surface area contributed by atoms with Crippen molar-refractivity contribution in [1.29, 1.82) is 0 Å². The molecule has 0 spiro atoms. The maximum atomic E-state index is 3.43. The Morgan fingerprint density at radius 2 is 1.71 bits per heavy atom. The Labute approximate surface area is 143 Å². The summed E-state index contributed by atoms with van der Waals surface area (Å²) >= 11 is 0. The van der Waals surface area contributed by atoms with Crippen LogP contribution >= 0.6 is 0 Å². The molecule has 0 atom stereocenters. The fourth-order valence-electron chi connectivity index (χ4n) is 3.68. The number of benzene rings is 2. The summed E-state index contributed by atoms with van der Waals surface area (Å²) in [6.45, 7) is 5.42. The standard InChI is InChI=1S/C21H25N3/c1-2-6-18(7-3-1)8-5-14-23-15-11-19-20(23)9-4-10-21(19)24-16-12-22-13-17-24/h1-4,6-7,9-11,15,22H,5,8,12-14,16-17H2. The minimum atomic E-state index is 1.07. The zero-order valence-corrected chi connectivity index (χ0v) is 14.1. The van der Waals surface area contributed by atoms with E-state index in [9.17, 15) is 0 Å². The Bertz CT molecular complexity index is 785. The van der Waals surface area contributed by atoms with Crippen LogP contribution in [0.5, 0.6) is 0 Å². The van der Waals surface area contributed by atoms with Gasteiger partial charge in [-0.2, -0.15) is 0 Å². The highest BCUT2D eigenvalue weighted by atomic mass is 15.2. The minimum absolute atomic E-state index is 1.07. The van der Waals surface area contributed by atoms with Gasteiger partial charge in [0.2, 0.25) is 0 Å². The molecular weight excluding hydrogens is 294 g/mol. The zero-order chi connectivity index (χ0) is 16.2. The zero-order valence-electron chi connectivity index (χ0n) is 14.1. The first-order valence-corrected chi connectivity index (χ1v) is 8.99. The van der Waals surface area contributed by atoms with Gasteiger partial charge in [0, 0.05) is 50.0 Å². The van der Waals surface area contributed by atoms with Gasteiger partial charge in [-0.1, -0.05) is 36.4 Å². The molecule has 1 aromatic heterocycles. The van der Waals surface area contributed by atoms with Gasteiger partial charge in [-0.25, -0.2) is 0 Å². The van der Waals surface area contributed by atoms with Crippen LogP contribution in [0.15, 0.2) is 60.8 Å². The van der Waals surface area contributed by atoms with Crippen molar-refractivity contribution < 1.29 is 0 Å². The summed E-state index contributed by atoms with van der Waals surface area (Å²) in [7, 11) is 0. The first kappa shape index (κ1) is 15.3. The number of nitrogens with zero attached hydrogens (tertiary/aromatic N) is 2. The number of piperazine rings is 1. The quantitative estimate of drug-likeness (QED) is 0.774. The first-order valence-electron chi connectivity index (χ1n) is 8.99. The van der Waals surface area contributed by atoms with Gasteiger partial charge >= 0.3 is 0 Å². The summed E-state index contributed by atoms with van der Waals surface area (Å²) in [6.07, 6.45) is 4.56. The third-order valence-electron chi connectivity index (χ3n) is 4.96.